The van der Waals surface area contributed by atoms with E-state index in [9.17, 15) is 9.18 Å². The van der Waals surface area contributed by atoms with E-state index in [4.69, 9.17) is 9.84 Å². The van der Waals surface area contributed by atoms with Crippen molar-refractivity contribution < 1.29 is 19.0 Å². The maximum Gasteiger partial charge on any atom is 0.340 e. The molecule has 0 bridgehead atoms. The van der Waals surface area contributed by atoms with Crippen molar-refractivity contribution in [2.24, 2.45) is 0 Å². The minimum Gasteiger partial charge on any atom is -0.465 e. The molecule has 7 heteroatoms. The Morgan fingerprint density at radius 2 is 2.00 bits per heavy atom. The molecule has 0 saturated heterocycles. The fourth-order valence-electron chi connectivity index (χ4n) is 2.19. The molecule has 1 aromatic carbocycles. The number of hydrogen-bond donors (Lipinski definition) is 2. The zero-order valence-corrected chi connectivity index (χ0v) is 15.2. The predicted molar refractivity (Wildman–Crippen MR) is 94.2 cm³/mol. The normalized spacial score (nSPS) is 11.2. The van der Waals surface area contributed by atoms with Crippen molar-refractivity contribution in [3.05, 3.63) is 47.5 Å². The molecule has 0 aliphatic rings. The molecule has 2 aromatic rings. The Bertz CT molecular complexity index is 760. The topological polar surface area (TPSA) is 71.5 Å². The van der Waals surface area contributed by atoms with E-state index in [-0.39, 0.29) is 17.9 Å². The van der Waals surface area contributed by atoms with Crippen LogP contribution in [-0.4, -0.2) is 31.2 Å². The number of aliphatic hydroxyl groups is 1. The molecule has 2 rings (SSSR count). The number of methoxy groups -OCH3 is 1. The van der Waals surface area contributed by atoms with Gasteiger partial charge in [0.1, 0.15) is 5.82 Å². The van der Waals surface area contributed by atoms with Gasteiger partial charge in [-0.3, -0.25) is 4.98 Å². The zero-order chi connectivity index (χ0) is 17.9. The van der Waals surface area contributed by atoms with Crippen LogP contribution in [0.2, 0.25) is 19.6 Å². The molecule has 0 amide bonds. The van der Waals surface area contributed by atoms with Gasteiger partial charge in [0.2, 0.25) is 0 Å². The molecule has 129 valence electrons. The zero-order valence-electron chi connectivity index (χ0n) is 14.2. The van der Waals surface area contributed by atoms with E-state index in [1.807, 2.05) is 6.07 Å². The highest BCUT2D eigenvalue weighted by atomic mass is 28.3. The van der Waals surface area contributed by atoms with Gasteiger partial charge in [-0.25, -0.2) is 9.18 Å². The number of anilines is 2. The summed E-state index contributed by atoms with van der Waals surface area (Å²) in [6.45, 7) is 6.12. The van der Waals surface area contributed by atoms with Crippen molar-refractivity contribution in [2.45, 2.75) is 26.2 Å². The molecule has 0 aliphatic heterocycles. The fourth-order valence-corrected chi connectivity index (χ4v) is 3.33. The second kappa shape index (κ2) is 7.10. The number of rotatable bonds is 5. The number of carbonyl (C=O) groups is 1. The van der Waals surface area contributed by atoms with Crippen molar-refractivity contribution in [3.8, 4) is 0 Å². The third-order valence-corrected chi connectivity index (χ3v) is 5.68. The van der Waals surface area contributed by atoms with Gasteiger partial charge in [0.05, 0.1) is 42.5 Å². The minimum atomic E-state index is -1.61. The van der Waals surface area contributed by atoms with Crippen LogP contribution in [0, 0.1) is 5.82 Å². The van der Waals surface area contributed by atoms with Crippen LogP contribution < -0.4 is 10.5 Å². The molecule has 2 N–H and O–H groups in total. The summed E-state index contributed by atoms with van der Waals surface area (Å²) in [4.78, 5) is 15.9. The first-order valence-corrected chi connectivity index (χ1v) is 11.0. The number of esters is 1. The van der Waals surface area contributed by atoms with Gasteiger partial charge in [-0.05, 0) is 12.1 Å². The molecule has 0 aliphatic carbocycles. The predicted octanol–water partition coefficient (Wildman–Crippen LogP) is 2.79. The lowest BCUT2D eigenvalue weighted by Gasteiger charge is -2.29. The molecule has 0 spiro atoms. The number of pyridine rings is 1. The van der Waals surface area contributed by atoms with Crippen LogP contribution in [0.3, 0.4) is 0 Å². The van der Waals surface area contributed by atoms with Crippen molar-refractivity contribution in [1.82, 2.24) is 4.98 Å². The third kappa shape index (κ3) is 3.98. The molecule has 1 heterocycles. The van der Waals surface area contributed by atoms with Crippen LogP contribution in [0.25, 0.3) is 0 Å². The lowest BCUT2D eigenvalue weighted by atomic mass is 10.2. The molecular weight excluding hydrogens is 327 g/mol. The average molecular weight is 348 g/mol. The van der Waals surface area contributed by atoms with Gasteiger partial charge in [-0.2, -0.15) is 24.8 Å². The Hall–Kier alpha value is -2.25. The van der Waals surface area contributed by atoms with Gasteiger partial charge in [0.15, 0.2) is 0 Å². The van der Waals surface area contributed by atoms with Gasteiger partial charge in [-0.1, -0.05) is 12.1 Å². The van der Waals surface area contributed by atoms with E-state index in [0.717, 1.165) is 5.19 Å². The quantitative estimate of drug-likeness (QED) is 0.642. The number of ether oxygens (including phenoxy) is 1. The molecule has 1 aromatic heterocycles. The maximum absolute atomic E-state index is 14.4. The van der Waals surface area contributed by atoms with Crippen LogP contribution >= 0.6 is 0 Å². The summed E-state index contributed by atoms with van der Waals surface area (Å²) in [6, 6.07) is 6.50. The van der Waals surface area contributed by atoms with Gasteiger partial charge in [0, 0.05) is 0 Å². The Morgan fingerprint density at radius 3 is 2.54 bits per heavy atom. The van der Waals surface area contributed by atoms with Crippen LogP contribution in [-0.2, 0) is 11.3 Å². The molecule has 0 radical (unpaired) electrons. The SMILES string of the molecule is COC(=O)c1cc(CO)ncc1Nc1ccc([Si-](C)(C)C)cc1F. The highest BCUT2D eigenvalue weighted by molar-refractivity contribution is 6.88. The summed E-state index contributed by atoms with van der Waals surface area (Å²) in [5, 5.41) is 13.0. The molecule has 0 atom stereocenters. The number of carbonyl (C=O) groups excluding carboxylic acids is 1. The maximum atomic E-state index is 14.4. The van der Waals surface area contributed by atoms with Gasteiger partial charge >= 0.3 is 5.97 Å². The van der Waals surface area contributed by atoms with Crippen molar-refractivity contribution >= 4 is 30.6 Å². The molecule has 24 heavy (non-hydrogen) atoms. The Balaban J connectivity index is 2.39. The molecule has 0 saturated carbocycles. The second-order valence-corrected chi connectivity index (χ2v) is 11.5. The monoisotopic (exact) mass is 348 g/mol. The first-order valence-electron chi connectivity index (χ1n) is 7.51. The van der Waals surface area contributed by atoms with E-state index in [1.54, 1.807) is 6.07 Å². The molecule has 0 unspecified atom stereocenters. The molecule has 5 nitrogen and oxygen atoms in total. The number of benzene rings is 1. The summed E-state index contributed by atoms with van der Waals surface area (Å²) >= 11 is 0. The largest absolute Gasteiger partial charge is 0.465 e. The third-order valence-electron chi connectivity index (χ3n) is 3.63. The number of nitrogens with one attached hydrogen (secondary N) is 1. The standard InChI is InChI=1S/C17H21FN2O3Si/c1-23-17(22)13-7-11(10-21)19-9-16(13)20-15-6-5-12(8-14(15)18)24(2,3)4/h5-9,20-21H,10H2,1-4H3/q-1. The first kappa shape index (κ1) is 18.1. The van der Waals surface area contributed by atoms with Crippen LogP contribution in [0.15, 0.2) is 30.5 Å². The summed E-state index contributed by atoms with van der Waals surface area (Å²) in [5.41, 5.74) is 1.08. The summed E-state index contributed by atoms with van der Waals surface area (Å²) in [5.74, 6) is -0.981. The fraction of sp³-hybridized carbons (Fsp3) is 0.294. The molecular formula is C17H21FN2O3Si-. The number of halogens is 1. The Labute approximate surface area is 141 Å². The Morgan fingerprint density at radius 1 is 1.29 bits per heavy atom. The lowest BCUT2D eigenvalue weighted by molar-refractivity contribution is 0.0601. The van der Waals surface area contributed by atoms with E-state index in [0.29, 0.717) is 11.4 Å². The van der Waals surface area contributed by atoms with E-state index in [1.165, 1.54) is 25.4 Å². The van der Waals surface area contributed by atoms with Gasteiger partial charge in [0.25, 0.3) is 0 Å². The summed E-state index contributed by atoms with van der Waals surface area (Å²) in [6.07, 6.45) is 1.38. The first-order chi connectivity index (χ1) is 11.3. The smallest absolute Gasteiger partial charge is 0.340 e. The van der Waals surface area contributed by atoms with Crippen molar-refractivity contribution in [3.63, 3.8) is 0 Å². The van der Waals surface area contributed by atoms with Crippen LogP contribution in [0.5, 0.6) is 0 Å². The highest BCUT2D eigenvalue weighted by Crippen LogP contribution is 2.24. The highest BCUT2D eigenvalue weighted by Gasteiger charge is 2.15. The summed E-state index contributed by atoms with van der Waals surface area (Å²) < 4.78 is 19.1. The summed E-state index contributed by atoms with van der Waals surface area (Å²) in [7, 11) is -0.350. The number of hydrogen-bond acceptors (Lipinski definition) is 5. The van der Waals surface area contributed by atoms with Gasteiger partial charge < -0.3 is 15.2 Å². The van der Waals surface area contributed by atoms with Crippen molar-refractivity contribution in [1.29, 1.82) is 0 Å². The molecule has 0 fully saturated rings. The number of aromatic nitrogens is 1. The average Bonchev–Trinajstić information content (AvgIpc) is 2.55. The van der Waals surface area contributed by atoms with Crippen LogP contribution in [0.1, 0.15) is 16.1 Å². The van der Waals surface area contributed by atoms with E-state index < -0.39 is 19.9 Å². The second-order valence-electron chi connectivity index (χ2n) is 6.44. The number of aliphatic hydroxyl groups excluding tert-OH is 1. The van der Waals surface area contributed by atoms with Crippen LogP contribution in [0.4, 0.5) is 15.8 Å². The minimum absolute atomic E-state index is 0.185. The Kier molecular flexibility index (Phi) is 5.35. The van der Waals surface area contributed by atoms with Crippen molar-refractivity contribution in [2.75, 3.05) is 12.4 Å². The lowest BCUT2D eigenvalue weighted by Crippen LogP contribution is -2.37. The van der Waals surface area contributed by atoms with E-state index >= 15 is 0 Å². The van der Waals surface area contributed by atoms with Gasteiger partial charge in [-0.15, -0.1) is 8.07 Å². The number of nitrogens with zero attached hydrogens (tertiary/aromatic N) is 1. The van der Waals surface area contributed by atoms with E-state index in [2.05, 4.69) is 29.9 Å².